The lowest BCUT2D eigenvalue weighted by atomic mass is 10.7. The SMILES string of the molecule is Nc1nnc(OCC(F)(F)F)s1. The maximum atomic E-state index is 11.5. The smallest absolute Gasteiger partial charge is 0.422 e. The molecule has 68 valence electrons. The monoisotopic (exact) mass is 199 g/mol. The van der Waals surface area contributed by atoms with Gasteiger partial charge in [0.05, 0.1) is 0 Å². The normalized spacial score (nSPS) is 11.6. The predicted octanol–water partition coefficient (Wildman–Crippen LogP) is 1.06. The zero-order valence-electron chi connectivity index (χ0n) is 5.63. The van der Waals surface area contributed by atoms with Crippen LogP contribution in [0.4, 0.5) is 18.3 Å². The quantitative estimate of drug-likeness (QED) is 0.773. The highest BCUT2D eigenvalue weighted by Gasteiger charge is 2.29. The third-order valence-electron chi connectivity index (χ3n) is 0.781. The molecular weight excluding hydrogens is 195 g/mol. The van der Waals surface area contributed by atoms with Crippen LogP contribution in [0, 0.1) is 0 Å². The summed E-state index contributed by atoms with van der Waals surface area (Å²) in [5.74, 6) is 0. The van der Waals surface area contributed by atoms with Gasteiger partial charge in [0, 0.05) is 0 Å². The Kier molecular flexibility index (Phi) is 2.36. The molecule has 0 bridgehead atoms. The Morgan fingerprint density at radius 1 is 1.42 bits per heavy atom. The van der Waals surface area contributed by atoms with Crippen LogP contribution in [-0.2, 0) is 0 Å². The molecule has 0 atom stereocenters. The van der Waals surface area contributed by atoms with E-state index in [9.17, 15) is 13.2 Å². The number of hydrogen-bond donors (Lipinski definition) is 1. The summed E-state index contributed by atoms with van der Waals surface area (Å²) in [5, 5.41) is 6.41. The second kappa shape index (κ2) is 3.13. The fourth-order valence-corrected chi connectivity index (χ4v) is 0.882. The average Bonchev–Trinajstić information content (AvgIpc) is 2.30. The summed E-state index contributed by atoms with van der Waals surface area (Å²) >= 11 is 0.762. The zero-order valence-corrected chi connectivity index (χ0v) is 6.45. The molecule has 1 rings (SSSR count). The summed E-state index contributed by atoms with van der Waals surface area (Å²) in [6.07, 6.45) is -4.36. The molecule has 2 N–H and O–H groups in total. The Morgan fingerprint density at radius 2 is 2.08 bits per heavy atom. The molecule has 0 aliphatic heterocycles. The van der Waals surface area contributed by atoms with E-state index in [1.54, 1.807) is 0 Å². The molecule has 0 aliphatic rings. The molecule has 12 heavy (non-hydrogen) atoms. The van der Waals surface area contributed by atoms with Crippen molar-refractivity contribution in [2.75, 3.05) is 12.3 Å². The number of hydrogen-bond acceptors (Lipinski definition) is 5. The van der Waals surface area contributed by atoms with Crippen molar-refractivity contribution < 1.29 is 17.9 Å². The minimum absolute atomic E-state index is 0.0761. The van der Waals surface area contributed by atoms with E-state index in [4.69, 9.17) is 5.73 Å². The van der Waals surface area contributed by atoms with E-state index in [2.05, 4.69) is 14.9 Å². The fourth-order valence-electron chi connectivity index (χ4n) is 0.422. The molecule has 1 aromatic rings. The van der Waals surface area contributed by atoms with Crippen molar-refractivity contribution in [2.24, 2.45) is 0 Å². The van der Waals surface area contributed by atoms with E-state index in [0.29, 0.717) is 0 Å². The Balaban J connectivity index is 2.44. The van der Waals surface area contributed by atoms with Crippen molar-refractivity contribution in [3.05, 3.63) is 0 Å². The van der Waals surface area contributed by atoms with Crippen molar-refractivity contribution >= 4 is 16.5 Å². The molecule has 0 aliphatic carbocycles. The van der Waals surface area contributed by atoms with Crippen LogP contribution in [-0.4, -0.2) is 23.0 Å². The number of nitrogens with two attached hydrogens (primary N) is 1. The van der Waals surface area contributed by atoms with Gasteiger partial charge < -0.3 is 10.5 Å². The van der Waals surface area contributed by atoms with Crippen molar-refractivity contribution in [3.63, 3.8) is 0 Å². The van der Waals surface area contributed by atoms with Gasteiger partial charge in [-0.3, -0.25) is 0 Å². The van der Waals surface area contributed by atoms with Gasteiger partial charge in [-0.15, -0.1) is 5.10 Å². The number of alkyl halides is 3. The minimum Gasteiger partial charge on any atom is -0.459 e. The number of ether oxygens (including phenoxy) is 1. The molecule has 0 spiro atoms. The number of rotatable bonds is 2. The van der Waals surface area contributed by atoms with Gasteiger partial charge in [-0.2, -0.15) is 13.2 Å². The molecule has 8 heteroatoms. The van der Waals surface area contributed by atoms with Crippen LogP contribution in [0.3, 0.4) is 0 Å². The van der Waals surface area contributed by atoms with Gasteiger partial charge in [0.1, 0.15) is 0 Å². The molecule has 0 saturated carbocycles. The maximum Gasteiger partial charge on any atom is 0.422 e. The lowest BCUT2D eigenvalue weighted by molar-refractivity contribution is -0.153. The summed E-state index contributed by atoms with van der Waals surface area (Å²) in [5.41, 5.74) is 5.10. The van der Waals surface area contributed by atoms with Crippen molar-refractivity contribution in [3.8, 4) is 5.19 Å². The first kappa shape index (κ1) is 9.04. The van der Waals surface area contributed by atoms with E-state index in [0.717, 1.165) is 11.3 Å². The first-order chi connectivity index (χ1) is 5.47. The Morgan fingerprint density at radius 3 is 2.50 bits per heavy atom. The van der Waals surface area contributed by atoms with E-state index >= 15 is 0 Å². The highest BCUT2D eigenvalue weighted by molar-refractivity contribution is 7.16. The van der Waals surface area contributed by atoms with E-state index in [-0.39, 0.29) is 10.3 Å². The number of aromatic nitrogens is 2. The second-order valence-electron chi connectivity index (χ2n) is 1.81. The molecule has 0 unspecified atom stereocenters. The van der Waals surface area contributed by atoms with Gasteiger partial charge in [0.25, 0.3) is 5.19 Å². The van der Waals surface area contributed by atoms with E-state index in [1.807, 2.05) is 0 Å². The van der Waals surface area contributed by atoms with Crippen LogP contribution in [0.15, 0.2) is 0 Å². The third-order valence-corrected chi connectivity index (χ3v) is 1.45. The Hall–Kier alpha value is -1.05. The molecule has 0 saturated heterocycles. The molecule has 0 amide bonds. The largest absolute Gasteiger partial charge is 0.459 e. The van der Waals surface area contributed by atoms with Gasteiger partial charge in [-0.05, 0) is 11.3 Å². The lowest BCUT2D eigenvalue weighted by Gasteiger charge is -2.04. The maximum absolute atomic E-state index is 11.5. The van der Waals surface area contributed by atoms with E-state index in [1.165, 1.54) is 0 Å². The average molecular weight is 199 g/mol. The van der Waals surface area contributed by atoms with Gasteiger partial charge in [-0.1, -0.05) is 5.10 Å². The highest BCUT2D eigenvalue weighted by atomic mass is 32.1. The number of nitrogen functional groups attached to an aromatic ring is 1. The number of nitrogens with zero attached hydrogens (tertiary/aromatic N) is 2. The van der Waals surface area contributed by atoms with Crippen molar-refractivity contribution in [1.29, 1.82) is 0 Å². The summed E-state index contributed by atoms with van der Waals surface area (Å²) in [6, 6.07) is 0. The van der Waals surface area contributed by atoms with Crippen LogP contribution in [0.25, 0.3) is 0 Å². The first-order valence-corrected chi connectivity index (χ1v) is 3.57. The van der Waals surface area contributed by atoms with Gasteiger partial charge in [0.2, 0.25) is 5.13 Å². The lowest BCUT2D eigenvalue weighted by Crippen LogP contribution is -2.19. The second-order valence-corrected chi connectivity index (χ2v) is 2.78. The Bertz CT molecular complexity index is 260. The highest BCUT2D eigenvalue weighted by Crippen LogP contribution is 2.22. The van der Waals surface area contributed by atoms with Crippen LogP contribution in [0.2, 0.25) is 0 Å². The molecule has 0 aromatic carbocycles. The van der Waals surface area contributed by atoms with Crippen LogP contribution in [0.1, 0.15) is 0 Å². The topological polar surface area (TPSA) is 61.0 Å². The molecule has 1 aromatic heterocycles. The molecule has 1 heterocycles. The van der Waals surface area contributed by atoms with Crippen molar-refractivity contribution in [2.45, 2.75) is 6.18 Å². The van der Waals surface area contributed by atoms with Crippen LogP contribution < -0.4 is 10.5 Å². The van der Waals surface area contributed by atoms with Crippen LogP contribution in [0.5, 0.6) is 5.19 Å². The third kappa shape index (κ3) is 2.91. The number of halogens is 3. The summed E-state index contributed by atoms with van der Waals surface area (Å²) in [6.45, 7) is -1.37. The molecular formula is C4H4F3N3OS. The minimum atomic E-state index is -4.36. The fraction of sp³-hybridized carbons (Fsp3) is 0.500. The predicted molar refractivity (Wildman–Crippen MR) is 35.9 cm³/mol. The van der Waals surface area contributed by atoms with E-state index < -0.39 is 12.8 Å². The summed E-state index contributed by atoms with van der Waals surface area (Å²) < 4.78 is 38.9. The Labute approximate surface area is 69.2 Å². The standard InChI is InChI=1S/C4H4F3N3OS/c5-4(6,7)1-11-3-10-9-2(8)12-3/h1H2,(H2,8,9). The van der Waals surface area contributed by atoms with Gasteiger partial charge in [-0.25, -0.2) is 0 Å². The first-order valence-electron chi connectivity index (χ1n) is 2.76. The summed E-state index contributed by atoms with van der Waals surface area (Å²) in [4.78, 5) is 0. The molecule has 0 fully saturated rings. The van der Waals surface area contributed by atoms with Crippen molar-refractivity contribution in [1.82, 2.24) is 10.2 Å². The summed E-state index contributed by atoms with van der Waals surface area (Å²) in [7, 11) is 0. The number of anilines is 1. The van der Waals surface area contributed by atoms with Crippen LogP contribution >= 0.6 is 11.3 Å². The van der Waals surface area contributed by atoms with Gasteiger partial charge in [0.15, 0.2) is 6.61 Å². The van der Waals surface area contributed by atoms with Gasteiger partial charge >= 0.3 is 6.18 Å². The zero-order chi connectivity index (χ0) is 9.19. The molecule has 4 nitrogen and oxygen atoms in total. The molecule has 0 radical (unpaired) electrons.